The van der Waals surface area contributed by atoms with Crippen LogP contribution in [0.1, 0.15) is 0 Å². The Hall–Kier alpha value is -3.01. The normalized spacial score (nSPS) is 11.9. The predicted octanol–water partition coefficient (Wildman–Crippen LogP) is 3.82. The molecule has 4 heteroatoms. The lowest BCUT2D eigenvalue weighted by Crippen LogP contribution is -1.91. The number of hydrogen-bond acceptors (Lipinski definition) is 3. The van der Waals surface area contributed by atoms with Crippen molar-refractivity contribution in [1.82, 2.24) is 19.5 Å². The summed E-state index contributed by atoms with van der Waals surface area (Å²) in [5.74, 6) is 0. The topological polar surface area (TPSA) is 43.6 Å². The van der Waals surface area contributed by atoms with Crippen LogP contribution in [0, 0.1) is 0 Å². The van der Waals surface area contributed by atoms with Crippen molar-refractivity contribution >= 4 is 43.6 Å². The molecule has 0 amide bonds. The number of aryl methyl sites for hydroxylation is 1. The van der Waals surface area contributed by atoms with E-state index in [1.807, 2.05) is 12.3 Å². The van der Waals surface area contributed by atoms with Crippen molar-refractivity contribution in [3.8, 4) is 0 Å². The van der Waals surface area contributed by atoms with Gasteiger partial charge in [0.15, 0.2) is 0 Å². The van der Waals surface area contributed by atoms with Crippen LogP contribution in [-0.4, -0.2) is 19.5 Å². The lowest BCUT2D eigenvalue weighted by molar-refractivity contribution is 0.973. The molecule has 4 nitrogen and oxygen atoms in total. The summed E-state index contributed by atoms with van der Waals surface area (Å²) in [6.07, 6.45) is 7.40. The fourth-order valence-corrected chi connectivity index (χ4v) is 3.32. The Labute approximate surface area is 126 Å². The second-order valence-corrected chi connectivity index (χ2v) is 5.53. The molecule has 0 aliphatic carbocycles. The molecule has 0 atom stereocenters. The predicted molar refractivity (Wildman–Crippen MR) is 88.8 cm³/mol. The van der Waals surface area contributed by atoms with Crippen LogP contribution in [0.2, 0.25) is 0 Å². The quantitative estimate of drug-likeness (QED) is 0.321. The second kappa shape index (κ2) is 4.01. The summed E-state index contributed by atoms with van der Waals surface area (Å²) in [6, 6.07) is 10.5. The minimum Gasteiger partial charge on any atom is -0.350 e. The van der Waals surface area contributed by atoms with Crippen LogP contribution in [0.3, 0.4) is 0 Å². The van der Waals surface area contributed by atoms with E-state index in [0.29, 0.717) is 0 Å². The van der Waals surface area contributed by atoms with Gasteiger partial charge >= 0.3 is 0 Å². The fourth-order valence-electron chi connectivity index (χ4n) is 3.32. The Bertz CT molecular complexity index is 1190. The largest absolute Gasteiger partial charge is 0.350 e. The Kier molecular flexibility index (Phi) is 2.12. The van der Waals surface area contributed by atoms with Crippen molar-refractivity contribution in [1.29, 1.82) is 0 Å². The highest BCUT2D eigenvalue weighted by Crippen LogP contribution is 2.35. The van der Waals surface area contributed by atoms with E-state index in [9.17, 15) is 0 Å². The minimum absolute atomic E-state index is 0.911. The van der Waals surface area contributed by atoms with E-state index in [1.165, 1.54) is 21.7 Å². The van der Waals surface area contributed by atoms with Gasteiger partial charge in [-0.3, -0.25) is 15.0 Å². The average molecular weight is 284 g/mol. The highest BCUT2D eigenvalue weighted by atomic mass is 14.9. The zero-order valence-electron chi connectivity index (χ0n) is 12.0. The van der Waals surface area contributed by atoms with Crippen molar-refractivity contribution in [2.45, 2.75) is 0 Å². The Balaban J connectivity index is 2.19. The third-order valence-corrected chi connectivity index (χ3v) is 4.29. The lowest BCUT2D eigenvalue weighted by Gasteiger charge is -2.09. The number of hydrogen-bond donors (Lipinski definition) is 0. The molecule has 0 saturated carbocycles. The maximum atomic E-state index is 4.60. The zero-order chi connectivity index (χ0) is 14.7. The van der Waals surface area contributed by atoms with Crippen molar-refractivity contribution < 1.29 is 0 Å². The molecule has 0 N–H and O–H groups in total. The first kappa shape index (κ1) is 11.6. The second-order valence-electron chi connectivity index (χ2n) is 5.53. The third-order valence-electron chi connectivity index (χ3n) is 4.29. The highest BCUT2D eigenvalue weighted by molar-refractivity contribution is 6.25. The molecule has 22 heavy (non-hydrogen) atoms. The molecule has 0 aliphatic heterocycles. The molecular weight excluding hydrogens is 272 g/mol. The van der Waals surface area contributed by atoms with Gasteiger partial charge < -0.3 is 4.57 Å². The van der Waals surface area contributed by atoms with Gasteiger partial charge in [-0.1, -0.05) is 6.07 Å². The summed E-state index contributed by atoms with van der Waals surface area (Å²) in [5.41, 5.74) is 4.05. The molecule has 0 bridgehead atoms. The molecule has 104 valence electrons. The summed E-state index contributed by atoms with van der Waals surface area (Å²) in [6.45, 7) is 0. The van der Waals surface area contributed by atoms with Gasteiger partial charge in [-0.15, -0.1) is 0 Å². The van der Waals surface area contributed by atoms with Gasteiger partial charge in [-0.05, 0) is 29.7 Å². The van der Waals surface area contributed by atoms with E-state index in [2.05, 4.69) is 57.0 Å². The molecule has 5 aromatic rings. The number of benzene rings is 2. The molecule has 0 aliphatic rings. The fraction of sp³-hybridized carbons (Fsp3) is 0.0556. The van der Waals surface area contributed by atoms with Gasteiger partial charge in [-0.2, -0.15) is 0 Å². The smallest absolute Gasteiger partial charge is 0.0893 e. The first-order chi connectivity index (χ1) is 10.8. The van der Waals surface area contributed by atoms with Gasteiger partial charge in [0.1, 0.15) is 0 Å². The Morgan fingerprint density at radius 1 is 0.773 bits per heavy atom. The van der Waals surface area contributed by atoms with E-state index >= 15 is 0 Å². The van der Waals surface area contributed by atoms with Crippen LogP contribution in [0.15, 0.2) is 55.1 Å². The van der Waals surface area contributed by atoms with Gasteiger partial charge in [-0.25, -0.2) is 0 Å². The maximum absolute atomic E-state index is 4.60. The van der Waals surface area contributed by atoms with Gasteiger partial charge in [0.05, 0.1) is 22.1 Å². The third kappa shape index (κ3) is 1.39. The minimum atomic E-state index is 0.911. The number of fused-ring (bicyclic) bond motifs is 7. The highest BCUT2D eigenvalue weighted by Gasteiger charge is 2.13. The van der Waals surface area contributed by atoms with Crippen LogP contribution < -0.4 is 0 Å². The van der Waals surface area contributed by atoms with E-state index in [-0.39, 0.29) is 0 Å². The van der Waals surface area contributed by atoms with E-state index in [0.717, 1.165) is 21.9 Å². The monoisotopic (exact) mass is 284 g/mol. The van der Waals surface area contributed by atoms with Gasteiger partial charge in [0.25, 0.3) is 0 Å². The van der Waals surface area contributed by atoms with Crippen molar-refractivity contribution in [3.05, 3.63) is 55.1 Å². The number of aromatic nitrogens is 4. The van der Waals surface area contributed by atoms with E-state index in [1.54, 1.807) is 12.4 Å². The van der Waals surface area contributed by atoms with Crippen molar-refractivity contribution in [2.24, 2.45) is 7.05 Å². The Morgan fingerprint density at radius 2 is 1.55 bits per heavy atom. The van der Waals surface area contributed by atoms with Crippen LogP contribution in [-0.2, 0) is 7.05 Å². The molecule has 3 aromatic heterocycles. The molecule has 3 heterocycles. The van der Waals surface area contributed by atoms with Crippen LogP contribution in [0.25, 0.3) is 43.6 Å². The van der Waals surface area contributed by atoms with E-state index < -0.39 is 0 Å². The van der Waals surface area contributed by atoms with Gasteiger partial charge in [0.2, 0.25) is 0 Å². The molecule has 0 unspecified atom stereocenters. The van der Waals surface area contributed by atoms with Crippen LogP contribution >= 0.6 is 0 Å². The van der Waals surface area contributed by atoms with Crippen molar-refractivity contribution in [3.63, 3.8) is 0 Å². The summed E-state index contributed by atoms with van der Waals surface area (Å²) < 4.78 is 2.15. The molecule has 0 spiro atoms. The molecule has 2 aromatic carbocycles. The molecular formula is C18H12N4. The standard InChI is InChI=1S/C18H12N4/c1-22-8-4-12-17-11(3-2-5-21-17)13-9-15-16(20-7-6-19-15)10-14(13)18(12)22/h2-10H,1H3. The van der Waals surface area contributed by atoms with Crippen LogP contribution in [0.4, 0.5) is 0 Å². The zero-order valence-corrected chi connectivity index (χ0v) is 12.0. The molecule has 0 saturated heterocycles. The summed E-state index contributed by atoms with van der Waals surface area (Å²) in [5, 5.41) is 4.69. The maximum Gasteiger partial charge on any atom is 0.0893 e. The van der Waals surface area contributed by atoms with Gasteiger partial charge in [0, 0.05) is 48.0 Å². The van der Waals surface area contributed by atoms with Crippen LogP contribution in [0.5, 0.6) is 0 Å². The number of rotatable bonds is 0. The Morgan fingerprint density at radius 3 is 2.36 bits per heavy atom. The summed E-state index contributed by atoms with van der Waals surface area (Å²) in [7, 11) is 2.07. The number of pyridine rings is 1. The van der Waals surface area contributed by atoms with E-state index in [4.69, 9.17) is 0 Å². The number of nitrogens with zero attached hydrogens (tertiary/aromatic N) is 4. The summed E-state index contributed by atoms with van der Waals surface area (Å²) in [4.78, 5) is 13.5. The van der Waals surface area contributed by atoms with Crippen molar-refractivity contribution in [2.75, 3.05) is 0 Å². The molecule has 5 rings (SSSR count). The SMILES string of the molecule is Cn1ccc2c3ncccc3c3cc4nccnc4cc3c21. The first-order valence-corrected chi connectivity index (χ1v) is 7.19. The lowest BCUT2D eigenvalue weighted by atomic mass is 10.0. The average Bonchev–Trinajstić information content (AvgIpc) is 2.96. The molecule has 0 fully saturated rings. The molecule has 0 radical (unpaired) electrons. The first-order valence-electron chi connectivity index (χ1n) is 7.19. The summed E-state index contributed by atoms with van der Waals surface area (Å²) >= 11 is 0.